The van der Waals surface area contributed by atoms with Gasteiger partial charge in [-0.1, -0.05) is 6.92 Å². The molecule has 1 fully saturated rings. The van der Waals surface area contributed by atoms with Gasteiger partial charge in [0.05, 0.1) is 11.4 Å². The smallest absolute Gasteiger partial charge is 0.274 e. The van der Waals surface area contributed by atoms with Gasteiger partial charge >= 0.3 is 0 Å². The van der Waals surface area contributed by atoms with E-state index in [9.17, 15) is 4.79 Å². The largest absolute Gasteiger partial charge is 0.341 e. The van der Waals surface area contributed by atoms with Gasteiger partial charge in [-0.2, -0.15) is 4.68 Å². The third-order valence-electron chi connectivity index (χ3n) is 5.21. The van der Waals surface area contributed by atoms with Crippen molar-refractivity contribution in [2.24, 2.45) is 5.92 Å². The van der Waals surface area contributed by atoms with Crippen molar-refractivity contribution >= 4 is 5.95 Å². The summed E-state index contributed by atoms with van der Waals surface area (Å²) in [6.45, 7) is 9.95. The van der Waals surface area contributed by atoms with Gasteiger partial charge in [-0.15, -0.1) is 0 Å². The van der Waals surface area contributed by atoms with Crippen molar-refractivity contribution in [1.29, 1.82) is 0 Å². The van der Waals surface area contributed by atoms with Gasteiger partial charge in [-0.3, -0.25) is 9.89 Å². The fraction of sp³-hybridized carbons (Fsp3) is 0.450. The number of aromatic nitrogens is 6. The summed E-state index contributed by atoms with van der Waals surface area (Å²) in [5.74, 6) is 1.85. The van der Waals surface area contributed by atoms with Crippen molar-refractivity contribution in [1.82, 2.24) is 29.7 Å². The van der Waals surface area contributed by atoms with Crippen molar-refractivity contribution in [2.75, 3.05) is 18.0 Å². The fourth-order valence-corrected chi connectivity index (χ4v) is 3.57. The molecule has 0 radical (unpaired) electrons. The second kappa shape index (κ2) is 7.18. The van der Waals surface area contributed by atoms with Crippen LogP contribution in [0.1, 0.15) is 36.8 Å². The lowest BCUT2D eigenvalue weighted by atomic mass is 10.00. The Morgan fingerprint density at radius 2 is 1.68 bits per heavy atom. The number of hydrogen-bond acceptors (Lipinski definition) is 6. The third kappa shape index (κ3) is 3.54. The molecular formula is C20H25N7O. The molecule has 0 unspecified atom stereocenters. The van der Waals surface area contributed by atoms with Crippen LogP contribution >= 0.6 is 0 Å². The van der Waals surface area contributed by atoms with Crippen LogP contribution in [-0.4, -0.2) is 42.8 Å². The molecule has 0 atom stereocenters. The zero-order valence-electron chi connectivity index (χ0n) is 16.7. The maximum absolute atomic E-state index is 12.5. The summed E-state index contributed by atoms with van der Waals surface area (Å²) in [5, 5.41) is 3.10. The first-order valence-corrected chi connectivity index (χ1v) is 9.64. The Morgan fingerprint density at radius 1 is 1.00 bits per heavy atom. The van der Waals surface area contributed by atoms with Gasteiger partial charge < -0.3 is 4.90 Å². The van der Waals surface area contributed by atoms with Gasteiger partial charge in [0.2, 0.25) is 5.95 Å². The molecule has 1 aliphatic rings. The van der Waals surface area contributed by atoms with E-state index in [1.54, 1.807) is 6.20 Å². The Morgan fingerprint density at radius 3 is 2.32 bits per heavy atom. The summed E-state index contributed by atoms with van der Waals surface area (Å²) in [5.41, 5.74) is 3.70. The topological polar surface area (TPSA) is 92.6 Å². The SMILES string of the molecule is Cc1cc(C)nc(-n2[nH]c(-c3cnc(N4CCC(C)CC4)nc3C)cc2=O)n1. The van der Waals surface area contributed by atoms with E-state index in [2.05, 4.69) is 31.9 Å². The highest BCUT2D eigenvalue weighted by atomic mass is 16.1. The number of piperidine rings is 1. The molecule has 4 heterocycles. The predicted octanol–water partition coefficient (Wildman–Crippen LogP) is 2.57. The highest BCUT2D eigenvalue weighted by Gasteiger charge is 2.19. The second-order valence-electron chi connectivity index (χ2n) is 7.63. The van der Waals surface area contributed by atoms with E-state index in [0.29, 0.717) is 11.6 Å². The summed E-state index contributed by atoms with van der Waals surface area (Å²) < 4.78 is 1.36. The number of hydrogen-bond donors (Lipinski definition) is 1. The van der Waals surface area contributed by atoms with E-state index in [1.165, 1.54) is 10.7 Å². The minimum absolute atomic E-state index is 0.214. The summed E-state index contributed by atoms with van der Waals surface area (Å²) >= 11 is 0. The van der Waals surface area contributed by atoms with E-state index >= 15 is 0 Å². The Kier molecular flexibility index (Phi) is 4.70. The molecule has 0 bridgehead atoms. The number of aryl methyl sites for hydroxylation is 3. The monoisotopic (exact) mass is 379 g/mol. The number of rotatable bonds is 3. The molecule has 8 heteroatoms. The van der Waals surface area contributed by atoms with Crippen LogP contribution in [0.15, 0.2) is 23.1 Å². The molecule has 0 aliphatic carbocycles. The lowest BCUT2D eigenvalue weighted by molar-refractivity contribution is 0.434. The lowest BCUT2D eigenvalue weighted by Crippen LogP contribution is -2.34. The lowest BCUT2D eigenvalue weighted by Gasteiger charge is -2.30. The molecule has 1 aliphatic heterocycles. The standard InChI is InChI=1S/C20H25N7O/c1-12-5-7-26(8-6-12)19-21-11-16(15(4)24-19)17-10-18(28)27(25-17)20-22-13(2)9-14(3)23-20/h9-12,25H,5-8H2,1-4H3. The van der Waals surface area contributed by atoms with Crippen molar-refractivity contribution < 1.29 is 0 Å². The first kappa shape index (κ1) is 18.3. The predicted molar refractivity (Wildman–Crippen MR) is 108 cm³/mol. The molecule has 1 saturated heterocycles. The summed E-state index contributed by atoms with van der Waals surface area (Å²) in [6.07, 6.45) is 4.11. The van der Waals surface area contributed by atoms with Gasteiger partial charge in [-0.05, 0) is 45.6 Å². The van der Waals surface area contributed by atoms with E-state index in [0.717, 1.165) is 60.4 Å². The van der Waals surface area contributed by atoms with E-state index in [4.69, 9.17) is 4.98 Å². The molecule has 4 rings (SSSR count). The maximum atomic E-state index is 12.5. The van der Waals surface area contributed by atoms with Crippen LogP contribution < -0.4 is 10.5 Å². The fourth-order valence-electron chi connectivity index (χ4n) is 3.57. The van der Waals surface area contributed by atoms with Crippen LogP contribution in [0.25, 0.3) is 17.2 Å². The first-order chi connectivity index (χ1) is 13.4. The Labute approximate surface area is 163 Å². The van der Waals surface area contributed by atoms with Gasteiger partial charge in [0, 0.05) is 42.3 Å². The van der Waals surface area contributed by atoms with Crippen molar-refractivity contribution in [3.63, 3.8) is 0 Å². The molecule has 3 aromatic heterocycles. The molecule has 8 nitrogen and oxygen atoms in total. The molecule has 0 amide bonds. The van der Waals surface area contributed by atoms with Gasteiger partial charge in [-0.25, -0.2) is 19.9 Å². The number of aromatic amines is 1. The zero-order chi connectivity index (χ0) is 19.8. The molecule has 0 spiro atoms. The van der Waals surface area contributed by atoms with Gasteiger partial charge in [0.15, 0.2) is 0 Å². The van der Waals surface area contributed by atoms with Crippen LogP contribution in [-0.2, 0) is 0 Å². The number of anilines is 1. The molecule has 28 heavy (non-hydrogen) atoms. The Balaban J connectivity index is 1.65. The highest BCUT2D eigenvalue weighted by molar-refractivity contribution is 5.61. The van der Waals surface area contributed by atoms with E-state index in [-0.39, 0.29) is 5.56 Å². The minimum Gasteiger partial charge on any atom is -0.341 e. The molecule has 0 saturated carbocycles. The number of nitrogens with zero attached hydrogens (tertiary/aromatic N) is 6. The average Bonchev–Trinajstić information content (AvgIpc) is 3.03. The third-order valence-corrected chi connectivity index (χ3v) is 5.21. The molecule has 1 N–H and O–H groups in total. The quantitative estimate of drug-likeness (QED) is 0.752. The van der Waals surface area contributed by atoms with Crippen LogP contribution in [0.2, 0.25) is 0 Å². The second-order valence-corrected chi connectivity index (χ2v) is 7.63. The van der Waals surface area contributed by atoms with Crippen LogP contribution in [0, 0.1) is 26.7 Å². The summed E-state index contributed by atoms with van der Waals surface area (Å²) in [7, 11) is 0. The maximum Gasteiger partial charge on any atom is 0.274 e. The van der Waals surface area contributed by atoms with Crippen molar-refractivity contribution in [3.8, 4) is 17.2 Å². The zero-order valence-corrected chi connectivity index (χ0v) is 16.7. The van der Waals surface area contributed by atoms with Crippen LogP contribution in [0.3, 0.4) is 0 Å². The first-order valence-electron chi connectivity index (χ1n) is 9.64. The normalized spacial score (nSPS) is 15.2. The van der Waals surface area contributed by atoms with E-state index < -0.39 is 0 Å². The molecular weight excluding hydrogens is 354 g/mol. The van der Waals surface area contributed by atoms with Crippen LogP contribution in [0.5, 0.6) is 0 Å². The summed E-state index contributed by atoms with van der Waals surface area (Å²) in [6, 6.07) is 3.41. The molecule has 0 aromatic carbocycles. The Bertz CT molecular complexity index is 1040. The van der Waals surface area contributed by atoms with Crippen LogP contribution in [0.4, 0.5) is 5.95 Å². The average molecular weight is 379 g/mol. The summed E-state index contributed by atoms with van der Waals surface area (Å²) in [4.78, 5) is 32.7. The van der Waals surface area contributed by atoms with E-state index in [1.807, 2.05) is 26.8 Å². The molecule has 146 valence electrons. The van der Waals surface area contributed by atoms with Crippen molar-refractivity contribution in [3.05, 3.63) is 45.8 Å². The molecule has 3 aromatic rings. The number of H-pyrrole nitrogens is 1. The number of nitrogens with one attached hydrogen (secondary N) is 1. The van der Waals surface area contributed by atoms with Crippen molar-refractivity contribution in [2.45, 2.75) is 40.5 Å². The Hall–Kier alpha value is -3.03. The van der Waals surface area contributed by atoms with Gasteiger partial charge in [0.25, 0.3) is 11.5 Å². The minimum atomic E-state index is -0.214. The van der Waals surface area contributed by atoms with Gasteiger partial charge in [0.1, 0.15) is 0 Å². The highest BCUT2D eigenvalue weighted by Crippen LogP contribution is 2.24.